The highest BCUT2D eigenvalue weighted by molar-refractivity contribution is 4.74. The maximum absolute atomic E-state index is 8.82. The zero-order chi connectivity index (χ0) is 10.2. The predicted octanol–water partition coefficient (Wildman–Crippen LogP) is 0.833. The summed E-state index contributed by atoms with van der Waals surface area (Å²) in [5, 5.41) is 12.3. The third-order valence-corrected chi connectivity index (χ3v) is 3.05. The van der Waals surface area contributed by atoms with E-state index >= 15 is 0 Å². The number of likely N-dealkylation sites (N-methyl/N-ethyl adjacent to an activating group) is 1. The third-order valence-electron chi connectivity index (χ3n) is 3.05. The molecule has 0 bridgehead atoms. The van der Waals surface area contributed by atoms with Crippen molar-refractivity contribution < 1.29 is 5.11 Å². The van der Waals surface area contributed by atoms with Crippen molar-refractivity contribution in [1.29, 1.82) is 0 Å². The van der Waals surface area contributed by atoms with E-state index in [0.717, 1.165) is 25.7 Å². The summed E-state index contributed by atoms with van der Waals surface area (Å²) in [5.41, 5.74) is 0. The molecule has 3 heteroatoms. The van der Waals surface area contributed by atoms with Crippen LogP contribution in [0.15, 0.2) is 0 Å². The largest absolute Gasteiger partial charge is 0.395 e. The quantitative estimate of drug-likeness (QED) is 0.639. The van der Waals surface area contributed by atoms with Gasteiger partial charge in [-0.05, 0) is 45.3 Å². The fraction of sp³-hybridized carbons (Fsp3) is 1.00. The molecule has 0 aromatic heterocycles. The molecule has 14 heavy (non-hydrogen) atoms. The van der Waals surface area contributed by atoms with Crippen LogP contribution in [-0.4, -0.2) is 48.8 Å². The Morgan fingerprint density at radius 1 is 1.43 bits per heavy atom. The Balaban J connectivity index is 2.00. The number of hydrogen-bond acceptors (Lipinski definition) is 3. The van der Waals surface area contributed by atoms with Crippen LogP contribution < -0.4 is 5.32 Å². The first-order valence-corrected chi connectivity index (χ1v) is 5.93. The predicted molar refractivity (Wildman–Crippen MR) is 59.5 cm³/mol. The highest BCUT2D eigenvalue weighted by Gasteiger charge is 2.13. The number of rotatable bonds is 7. The van der Waals surface area contributed by atoms with E-state index in [1.54, 1.807) is 0 Å². The molecule has 1 rings (SSSR count). The molecule has 0 aliphatic carbocycles. The van der Waals surface area contributed by atoms with Crippen LogP contribution >= 0.6 is 0 Å². The topological polar surface area (TPSA) is 35.5 Å². The van der Waals surface area contributed by atoms with Crippen LogP contribution in [0.25, 0.3) is 0 Å². The van der Waals surface area contributed by atoms with Gasteiger partial charge in [-0.3, -0.25) is 0 Å². The van der Waals surface area contributed by atoms with Gasteiger partial charge < -0.3 is 15.3 Å². The lowest BCUT2D eigenvalue weighted by atomic mass is 10.1. The molecule has 1 aliphatic rings. The second-order valence-corrected chi connectivity index (χ2v) is 4.09. The number of nitrogens with one attached hydrogen (secondary N) is 1. The molecule has 2 N–H and O–H groups in total. The van der Waals surface area contributed by atoms with Gasteiger partial charge in [-0.15, -0.1) is 0 Å². The van der Waals surface area contributed by atoms with Crippen molar-refractivity contribution in [3.63, 3.8) is 0 Å². The van der Waals surface area contributed by atoms with Crippen LogP contribution in [0, 0.1) is 0 Å². The van der Waals surface area contributed by atoms with Gasteiger partial charge >= 0.3 is 0 Å². The van der Waals surface area contributed by atoms with Crippen molar-refractivity contribution in [2.24, 2.45) is 0 Å². The Kier molecular flexibility index (Phi) is 6.15. The van der Waals surface area contributed by atoms with Crippen molar-refractivity contribution in [1.82, 2.24) is 10.2 Å². The van der Waals surface area contributed by atoms with Crippen molar-refractivity contribution in [2.75, 3.05) is 32.8 Å². The molecule has 1 heterocycles. The lowest BCUT2D eigenvalue weighted by Crippen LogP contribution is -2.29. The summed E-state index contributed by atoms with van der Waals surface area (Å²) < 4.78 is 0. The van der Waals surface area contributed by atoms with E-state index in [-0.39, 0.29) is 6.61 Å². The van der Waals surface area contributed by atoms with Gasteiger partial charge in [0.25, 0.3) is 0 Å². The van der Waals surface area contributed by atoms with Crippen molar-refractivity contribution in [2.45, 2.75) is 38.6 Å². The molecule has 0 amide bonds. The van der Waals surface area contributed by atoms with E-state index in [1.807, 2.05) is 0 Å². The normalized spacial score (nSPS) is 22.1. The summed E-state index contributed by atoms with van der Waals surface area (Å²) in [7, 11) is 0. The average molecular weight is 200 g/mol. The maximum Gasteiger partial charge on any atom is 0.0558 e. The van der Waals surface area contributed by atoms with Gasteiger partial charge in [-0.1, -0.05) is 6.92 Å². The molecule has 1 aliphatic heterocycles. The monoisotopic (exact) mass is 200 g/mol. The molecule has 84 valence electrons. The van der Waals surface area contributed by atoms with Crippen LogP contribution in [0.1, 0.15) is 32.6 Å². The van der Waals surface area contributed by atoms with Crippen LogP contribution in [0.5, 0.6) is 0 Å². The maximum atomic E-state index is 8.82. The minimum Gasteiger partial charge on any atom is -0.395 e. The Morgan fingerprint density at radius 2 is 2.29 bits per heavy atom. The van der Waals surface area contributed by atoms with Crippen molar-refractivity contribution in [3.05, 3.63) is 0 Å². The molecule has 0 radical (unpaired) electrons. The van der Waals surface area contributed by atoms with Gasteiger partial charge in [0.1, 0.15) is 0 Å². The molecule has 0 spiro atoms. The summed E-state index contributed by atoms with van der Waals surface area (Å²) in [6, 6.07) is 0.767. The number of aliphatic hydroxyl groups excluding tert-OH is 1. The van der Waals surface area contributed by atoms with E-state index in [9.17, 15) is 0 Å². The zero-order valence-corrected chi connectivity index (χ0v) is 9.34. The minimum absolute atomic E-state index is 0.287. The zero-order valence-electron chi connectivity index (χ0n) is 9.34. The summed E-state index contributed by atoms with van der Waals surface area (Å²) in [6.07, 6.45) is 5.25. The molecule has 1 fully saturated rings. The van der Waals surface area contributed by atoms with E-state index in [4.69, 9.17) is 5.11 Å². The van der Waals surface area contributed by atoms with Crippen molar-refractivity contribution >= 4 is 0 Å². The Labute approximate surface area is 87.5 Å². The van der Waals surface area contributed by atoms with Gasteiger partial charge in [-0.25, -0.2) is 0 Å². The van der Waals surface area contributed by atoms with Crippen LogP contribution in [0.2, 0.25) is 0 Å². The molecule has 0 saturated carbocycles. The molecule has 0 aromatic rings. The van der Waals surface area contributed by atoms with Gasteiger partial charge in [-0.2, -0.15) is 0 Å². The van der Waals surface area contributed by atoms with Gasteiger partial charge in [0.15, 0.2) is 0 Å². The molecular formula is C11H24N2O. The van der Waals surface area contributed by atoms with E-state index in [1.165, 1.54) is 32.2 Å². The van der Waals surface area contributed by atoms with E-state index < -0.39 is 0 Å². The molecule has 1 saturated heterocycles. The first-order chi connectivity index (χ1) is 6.86. The summed E-state index contributed by atoms with van der Waals surface area (Å²) in [5.74, 6) is 0. The highest BCUT2D eigenvalue weighted by atomic mass is 16.3. The fourth-order valence-corrected chi connectivity index (χ4v) is 2.13. The van der Waals surface area contributed by atoms with Crippen molar-refractivity contribution in [3.8, 4) is 0 Å². The molecule has 3 nitrogen and oxygen atoms in total. The molecule has 1 atom stereocenters. The Morgan fingerprint density at radius 3 is 2.86 bits per heavy atom. The highest BCUT2D eigenvalue weighted by Crippen LogP contribution is 2.10. The molecular weight excluding hydrogens is 176 g/mol. The van der Waals surface area contributed by atoms with Gasteiger partial charge in [0.05, 0.1) is 6.61 Å². The van der Waals surface area contributed by atoms with Crippen LogP contribution in [0.4, 0.5) is 0 Å². The standard InChI is InChI=1S/C11H24N2O/c1-2-13(9-10-14)8-4-6-11-5-3-7-12-11/h11-12,14H,2-10H2,1H3. The minimum atomic E-state index is 0.287. The first kappa shape index (κ1) is 12.0. The second-order valence-electron chi connectivity index (χ2n) is 4.09. The Bertz CT molecular complexity index is 135. The third kappa shape index (κ3) is 4.40. The molecule has 0 aromatic carbocycles. The van der Waals surface area contributed by atoms with Gasteiger partial charge in [0.2, 0.25) is 0 Å². The van der Waals surface area contributed by atoms with E-state index in [0.29, 0.717) is 0 Å². The lowest BCUT2D eigenvalue weighted by molar-refractivity contribution is 0.198. The SMILES string of the molecule is CCN(CCO)CCCC1CCCN1. The fourth-order valence-electron chi connectivity index (χ4n) is 2.13. The lowest BCUT2D eigenvalue weighted by Gasteiger charge is -2.19. The first-order valence-electron chi connectivity index (χ1n) is 5.93. The summed E-state index contributed by atoms with van der Waals surface area (Å²) in [4.78, 5) is 2.31. The van der Waals surface area contributed by atoms with E-state index in [2.05, 4.69) is 17.1 Å². The second kappa shape index (κ2) is 7.21. The van der Waals surface area contributed by atoms with Gasteiger partial charge in [0, 0.05) is 12.6 Å². The smallest absolute Gasteiger partial charge is 0.0558 e. The molecule has 1 unspecified atom stereocenters. The van der Waals surface area contributed by atoms with Crippen LogP contribution in [-0.2, 0) is 0 Å². The van der Waals surface area contributed by atoms with Crippen LogP contribution in [0.3, 0.4) is 0 Å². The number of nitrogens with zero attached hydrogens (tertiary/aromatic N) is 1. The average Bonchev–Trinajstić information content (AvgIpc) is 2.69. The summed E-state index contributed by atoms with van der Waals surface area (Å²) in [6.45, 7) is 6.67. The number of hydrogen-bond donors (Lipinski definition) is 2. The Hall–Kier alpha value is -0.120. The number of aliphatic hydroxyl groups is 1. The summed E-state index contributed by atoms with van der Waals surface area (Å²) >= 11 is 0.